The average molecular weight is 303 g/mol. The largest absolute Gasteiger partial charge is 0.398 e. The first-order valence-electron chi connectivity index (χ1n) is 8.34. The minimum atomic E-state index is 0.281. The average Bonchev–Trinajstić information content (AvgIpc) is 3.01. The van der Waals surface area contributed by atoms with E-state index in [-0.39, 0.29) is 6.10 Å². The van der Waals surface area contributed by atoms with Crippen LogP contribution in [0.4, 0.5) is 0 Å². The molecule has 1 aromatic carbocycles. The van der Waals surface area contributed by atoms with Gasteiger partial charge in [0.25, 0.3) is 0 Å². The number of likely N-dealkylation sites (tertiary alicyclic amines) is 1. The van der Waals surface area contributed by atoms with Crippen molar-refractivity contribution in [3.05, 3.63) is 41.6 Å². The van der Waals surface area contributed by atoms with Gasteiger partial charge in [-0.15, -0.1) is 0 Å². The van der Waals surface area contributed by atoms with Crippen molar-refractivity contribution in [2.75, 3.05) is 26.2 Å². The summed E-state index contributed by atoms with van der Waals surface area (Å²) in [6.07, 6.45) is 5.24. The maximum absolute atomic E-state index is 6.10. The van der Waals surface area contributed by atoms with Gasteiger partial charge in [-0.1, -0.05) is 50.1 Å². The number of unbranched alkanes of at least 4 members (excludes halogenated alkanes) is 2. The lowest BCUT2D eigenvalue weighted by atomic mass is 10.1. The third-order valence-corrected chi connectivity index (χ3v) is 4.21. The molecule has 122 valence electrons. The molecule has 4 nitrogen and oxygen atoms in total. The number of ether oxygens (including phenoxy) is 1. The topological polar surface area (TPSA) is 64.5 Å². The quantitative estimate of drug-likeness (QED) is 0.724. The Balaban J connectivity index is 1.76. The van der Waals surface area contributed by atoms with E-state index in [1.807, 2.05) is 30.3 Å². The number of nitrogens with zero attached hydrogens (tertiary/aromatic N) is 1. The van der Waals surface area contributed by atoms with Gasteiger partial charge in [-0.25, -0.2) is 0 Å². The Morgan fingerprint density at radius 1 is 1.23 bits per heavy atom. The van der Waals surface area contributed by atoms with Crippen LogP contribution in [0.25, 0.3) is 5.70 Å². The molecule has 4 heteroatoms. The Kier molecular flexibility index (Phi) is 6.74. The van der Waals surface area contributed by atoms with E-state index in [0.29, 0.717) is 18.0 Å². The van der Waals surface area contributed by atoms with Gasteiger partial charge in [0.2, 0.25) is 0 Å². The van der Waals surface area contributed by atoms with Crippen molar-refractivity contribution < 1.29 is 4.74 Å². The van der Waals surface area contributed by atoms with Gasteiger partial charge in [0.15, 0.2) is 0 Å². The maximum atomic E-state index is 6.10. The molecule has 2 rings (SSSR count). The summed E-state index contributed by atoms with van der Waals surface area (Å²) in [4.78, 5) is 2.49. The van der Waals surface area contributed by atoms with Crippen LogP contribution in [0.5, 0.6) is 0 Å². The number of hydrogen-bond acceptors (Lipinski definition) is 4. The van der Waals surface area contributed by atoms with Gasteiger partial charge in [-0.05, 0) is 24.9 Å². The number of hydrogen-bond donors (Lipinski definition) is 2. The number of nitrogens with two attached hydrogens (primary N) is 2. The van der Waals surface area contributed by atoms with E-state index in [1.54, 1.807) is 0 Å². The van der Waals surface area contributed by atoms with E-state index in [9.17, 15) is 0 Å². The Morgan fingerprint density at radius 2 is 2.00 bits per heavy atom. The molecule has 1 aliphatic rings. The van der Waals surface area contributed by atoms with Crippen molar-refractivity contribution in [3.8, 4) is 0 Å². The summed E-state index contributed by atoms with van der Waals surface area (Å²) in [5.41, 5.74) is 14.4. The first-order valence-corrected chi connectivity index (χ1v) is 8.34. The molecule has 4 N–H and O–H groups in total. The third-order valence-electron chi connectivity index (χ3n) is 4.21. The van der Waals surface area contributed by atoms with Crippen LogP contribution in [-0.4, -0.2) is 37.2 Å². The molecule has 1 heterocycles. The summed E-state index contributed by atoms with van der Waals surface area (Å²) in [5, 5.41) is 0. The van der Waals surface area contributed by atoms with Crippen molar-refractivity contribution in [3.63, 3.8) is 0 Å². The molecule has 0 amide bonds. The maximum Gasteiger partial charge on any atom is 0.0885 e. The summed E-state index contributed by atoms with van der Waals surface area (Å²) in [6.45, 7) is 5.98. The molecule has 0 bridgehead atoms. The van der Waals surface area contributed by atoms with Gasteiger partial charge >= 0.3 is 0 Å². The van der Waals surface area contributed by atoms with Gasteiger partial charge < -0.3 is 21.1 Å². The summed E-state index contributed by atoms with van der Waals surface area (Å²) >= 11 is 0. The van der Waals surface area contributed by atoms with E-state index >= 15 is 0 Å². The number of benzene rings is 1. The molecule has 1 aliphatic heterocycles. The molecule has 1 unspecified atom stereocenters. The summed E-state index contributed by atoms with van der Waals surface area (Å²) in [5.74, 6) is 0. The van der Waals surface area contributed by atoms with Crippen LogP contribution in [0.3, 0.4) is 0 Å². The molecule has 1 saturated heterocycles. The second kappa shape index (κ2) is 8.81. The lowest BCUT2D eigenvalue weighted by molar-refractivity contribution is 0.0750. The minimum absolute atomic E-state index is 0.281. The van der Waals surface area contributed by atoms with Crippen molar-refractivity contribution in [2.45, 2.75) is 38.7 Å². The Labute approximate surface area is 134 Å². The molecule has 22 heavy (non-hydrogen) atoms. The fourth-order valence-electron chi connectivity index (χ4n) is 2.81. The highest BCUT2D eigenvalue weighted by molar-refractivity contribution is 5.65. The van der Waals surface area contributed by atoms with Crippen LogP contribution in [-0.2, 0) is 4.74 Å². The highest BCUT2D eigenvalue weighted by atomic mass is 16.5. The lowest BCUT2D eigenvalue weighted by Crippen LogP contribution is -2.25. The Bertz CT molecular complexity index is 472. The first kappa shape index (κ1) is 16.8. The molecule has 0 radical (unpaired) electrons. The molecule has 1 aromatic rings. The van der Waals surface area contributed by atoms with Crippen molar-refractivity contribution in [1.82, 2.24) is 4.90 Å². The fourth-order valence-corrected chi connectivity index (χ4v) is 2.81. The number of rotatable bonds is 8. The van der Waals surface area contributed by atoms with Crippen molar-refractivity contribution >= 4 is 5.70 Å². The lowest BCUT2D eigenvalue weighted by Gasteiger charge is -2.16. The van der Waals surface area contributed by atoms with Crippen molar-refractivity contribution in [2.24, 2.45) is 11.5 Å². The predicted octanol–water partition coefficient (Wildman–Crippen LogP) is 2.55. The monoisotopic (exact) mass is 303 g/mol. The second-order valence-corrected chi connectivity index (χ2v) is 6.03. The van der Waals surface area contributed by atoms with E-state index in [1.165, 1.54) is 25.8 Å². The molecular formula is C18H29N3O. The smallest absolute Gasteiger partial charge is 0.0885 e. The molecule has 0 saturated carbocycles. The molecule has 1 atom stereocenters. The molecule has 0 aliphatic carbocycles. The van der Waals surface area contributed by atoms with Crippen LogP contribution < -0.4 is 11.5 Å². The van der Waals surface area contributed by atoms with Gasteiger partial charge in [0, 0.05) is 13.1 Å². The normalized spacial score (nSPS) is 20.1. The second-order valence-electron chi connectivity index (χ2n) is 6.03. The highest BCUT2D eigenvalue weighted by Gasteiger charge is 2.22. The summed E-state index contributed by atoms with van der Waals surface area (Å²) in [7, 11) is 0. The molecule has 1 fully saturated rings. The van der Waals surface area contributed by atoms with Crippen LogP contribution in [0.1, 0.15) is 38.2 Å². The van der Waals surface area contributed by atoms with E-state index < -0.39 is 0 Å². The Hall–Kier alpha value is -1.52. The third kappa shape index (κ3) is 5.04. The highest BCUT2D eigenvalue weighted by Crippen LogP contribution is 2.16. The van der Waals surface area contributed by atoms with Gasteiger partial charge in [0.1, 0.15) is 0 Å². The van der Waals surface area contributed by atoms with E-state index in [0.717, 1.165) is 25.1 Å². The van der Waals surface area contributed by atoms with Gasteiger partial charge in [0.05, 0.1) is 24.1 Å². The van der Waals surface area contributed by atoms with E-state index in [4.69, 9.17) is 16.2 Å². The summed E-state index contributed by atoms with van der Waals surface area (Å²) < 4.78 is 5.94. The zero-order valence-corrected chi connectivity index (χ0v) is 13.6. The molecular weight excluding hydrogens is 274 g/mol. The summed E-state index contributed by atoms with van der Waals surface area (Å²) in [6, 6.07) is 9.82. The van der Waals surface area contributed by atoms with Crippen molar-refractivity contribution in [1.29, 1.82) is 0 Å². The zero-order valence-electron chi connectivity index (χ0n) is 13.6. The van der Waals surface area contributed by atoms with Crippen LogP contribution in [0.15, 0.2) is 36.0 Å². The van der Waals surface area contributed by atoms with Crippen LogP contribution in [0.2, 0.25) is 0 Å². The van der Waals surface area contributed by atoms with Crippen LogP contribution in [0, 0.1) is 0 Å². The first-order chi connectivity index (χ1) is 10.7. The SMILES string of the molecule is CCCCCN1CCC(OC/C(N)=C(/N)c2ccccc2)C1. The molecule has 0 aromatic heterocycles. The fraction of sp³-hybridized carbons (Fsp3) is 0.556. The standard InChI is InChI=1S/C18H29N3O/c1-2-3-7-11-21-12-10-16(13-21)22-14-17(19)18(20)15-8-5-4-6-9-15/h4-6,8-9,16H,2-3,7,10-14,19-20H2,1H3/b18-17-. The van der Waals surface area contributed by atoms with Gasteiger partial charge in [-0.2, -0.15) is 0 Å². The minimum Gasteiger partial charge on any atom is -0.398 e. The van der Waals surface area contributed by atoms with E-state index in [2.05, 4.69) is 11.8 Å². The van der Waals surface area contributed by atoms with Gasteiger partial charge in [-0.3, -0.25) is 0 Å². The van der Waals surface area contributed by atoms with Crippen LogP contribution >= 0.6 is 0 Å². The molecule has 0 spiro atoms. The Morgan fingerprint density at radius 3 is 2.73 bits per heavy atom. The zero-order chi connectivity index (χ0) is 15.8. The predicted molar refractivity (Wildman–Crippen MR) is 92.1 cm³/mol.